The first kappa shape index (κ1) is 72.2. The molecular formula is H4K2O4Pd. The Bertz CT molecular complexity index is 9.65. The molecule has 0 unspecified atom stereocenters. The molecule has 0 aromatic carbocycles. The minimum Gasteiger partial charge on any atom is -0.870 e. The van der Waals surface area contributed by atoms with Crippen molar-refractivity contribution in [2.45, 2.75) is 0 Å². The van der Waals surface area contributed by atoms with Crippen LogP contribution in [0.2, 0.25) is 0 Å². The van der Waals surface area contributed by atoms with Gasteiger partial charge in [0.05, 0.1) is 0 Å². The van der Waals surface area contributed by atoms with Crippen molar-refractivity contribution in [1.82, 2.24) is 0 Å². The van der Waals surface area contributed by atoms with Gasteiger partial charge >= 0.3 is 123 Å². The third-order valence-corrected chi connectivity index (χ3v) is 0. The van der Waals surface area contributed by atoms with E-state index >= 15 is 0 Å². The summed E-state index contributed by atoms with van der Waals surface area (Å²) < 4.78 is 0. The first-order valence-electron chi connectivity index (χ1n) is 0. The molecule has 0 aliphatic rings. The Balaban J connectivity index is 0. The van der Waals surface area contributed by atoms with E-state index in [4.69, 9.17) is 0 Å². The summed E-state index contributed by atoms with van der Waals surface area (Å²) in [6.07, 6.45) is 0. The predicted molar refractivity (Wildman–Crippen MR) is 7.74 cm³/mol. The standard InChI is InChI=1S/2K.4H2O.Pd/h;;4*1H2;/q2*+1;;;;;+2/p-4. The Morgan fingerprint density at radius 3 is 0.429 bits per heavy atom. The average molecular weight is 253 g/mol. The van der Waals surface area contributed by atoms with Gasteiger partial charge in [0.15, 0.2) is 0 Å². The van der Waals surface area contributed by atoms with Crippen molar-refractivity contribution in [1.29, 1.82) is 0 Å². The summed E-state index contributed by atoms with van der Waals surface area (Å²) in [7, 11) is 0. The van der Waals surface area contributed by atoms with Crippen LogP contribution >= 0.6 is 0 Å². The number of hydrogen-bond donors (Lipinski definition) is 0. The summed E-state index contributed by atoms with van der Waals surface area (Å²) in [5.41, 5.74) is 0. The summed E-state index contributed by atoms with van der Waals surface area (Å²) >= 11 is 0. The smallest absolute Gasteiger partial charge is 0.870 e. The molecule has 0 heterocycles. The summed E-state index contributed by atoms with van der Waals surface area (Å²) in [6, 6.07) is 0. The third-order valence-electron chi connectivity index (χ3n) is 0. The summed E-state index contributed by atoms with van der Waals surface area (Å²) in [6.45, 7) is 0. The van der Waals surface area contributed by atoms with Crippen LogP contribution in [-0.4, -0.2) is 21.9 Å². The topological polar surface area (TPSA) is 120 Å². The van der Waals surface area contributed by atoms with Crippen molar-refractivity contribution in [2.75, 3.05) is 0 Å². The van der Waals surface area contributed by atoms with Gasteiger partial charge in [-0.25, -0.2) is 0 Å². The molecule has 0 aromatic rings. The Hall–Kier alpha value is 3.78. The number of hydrogen-bond acceptors (Lipinski definition) is 4. The summed E-state index contributed by atoms with van der Waals surface area (Å²) in [4.78, 5) is 0. The second kappa shape index (κ2) is 52.8. The van der Waals surface area contributed by atoms with Gasteiger partial charge in [-0.15, -0.1) is 0 Å². The number of rotatable bonds is 0. The Morgan fingerprint density at radius 2 is 0.429 bits per heavy atom. The van der Waals surface area contributed by atoms with Gasteiger partial charge in [-0.2, -0.15) is 0 Å². The molecule has 0 saturated carbocycles. The average Bonchev–Trinajstić information content (AvgIpc) is 0. The van der Waals surface area contributed by atoms with Crippen LogP contribution in [0, 0.1) is 0 Å². The van der Waals surface area contributed by atoms with Crippen LogP contribution in [0.1, 0.15) is 0 Å². The second-order valence-corrected chi connectivity index (χ2v) is 0. The van der Waals surface area contributed by atoms with Crippen LogP contribution in [0.5, 0.6) is 0 Å². The molecule has 0 saturated heterocycles. The van der Waals surface area contributed by atoms with E-state index in [1.807, 2.05) is 0 Å². The summed E-state index contributed by atoms with van der Waals surface area (Å²) in [5.74, 6) is 0. The normalized spacial score (nSPS) is 0. The molecule has 40 valence electrons. The van der Waals surface area contributed by atoms with E-state index in [-0.39, 0.29) is 145 Å². The van der Waals surface area contributed by atoms with Crippen molar-refractivity contribution in [3.8, 4) is 0 Å². The van der Waals surface area contributed by atoms with Crippen molar-refractivity contribution in [3.63, 3.8) is 0 Å². The minimum atomic E-state index is 0. The SMILES string of the molecule is [K+].[K+].[OH-].[OH-].[OH-].[OH-].[Pd+2]. The molecule has 4 nitrogen and oxygen atoms in total. The quantitative estimate of drug-likeness (QED) is 0.398. The maximum Gasteiger partial charge on any atom is 2.00 e. The van der Waals surface area contributed by atoms with E-state index < -0.39 is 0 Å². The predicted octanol–water partition coefficient (Wildman–Crippen LogP) is -6.70. The molecule has 0 fully saturated rings. The van der Waals surface area contributed by atoms with E-state index in [2.05, 4.69) is 0 Å². The Morgan fingerprint density at radius 1 is 0.429 bits per heavy atom. The van der Waals surface area contributed by atoms with Crippen LogP contribution in [0.3, 0.4) is 0 Å². The second-order valence-electron chi connectivity index (χ2n) is 0. The Labute approximate surface area is 141 Å². The van der Waals surface area contributed by atoms with Gasteiger partial charge in [0, 0.05) is 0 Å². The zero-order valence-electron chi connectivity index (χ0n) is 4.11. The maximum absolute atomic E-state index is 0. The molecule has 0 amide bonds. The summed E-state index contributed by atoms with van der Waals surface area (Å²) in [5, 5.41) is 0. The monoisotopic (exact) mass is 252 g/mol. The molecule has 7 heteroatoms. The van der Waals surface area contributed by atoms with E-state index in [0.717, 1.165) is 0 Å². The van der Waals surface area contributed by atoms with Crippen molar-refractivity contribution in [3.05, 3.63) is 0 Å². The molecule has 7 heavy (non-hydrogen) atoms. The molecule has 0 aromatic heterocycles. The molecule has 0 atom stereocenters. The van der Waals surface area contributed by atoms with E-state index in [9.17, 15) is 0 Å². The zero-order valence-corrected chi connectivity index (χ0v) is 11.9. The largest absolute Gasteiger partial charge is 2.00 e. The fraction of sp³-hybridized carbons (Fsp3) is 0. The van der Waals surface area contributed by atoms with Crippen LogP contribution in [0.4, 0.5) is 0 Å². The van der Waals surface area contributed by atoms with E-state index in [1.165, 1.54) is 0 Å². The molecule has 0 rings (SSSR count). The van der Waals surface area contributed by atoms with Crippen LogP contribution in [0.25, 0.3) is 0 Å². The van der Waals surface area contributed by atoms with Crippen LogP contribution in [-0.2, 0) is 20.4 Å². The van der Waals surface area contributed by atoms with Gasteiger partial charge in [0.25, 0.3) is 0 Å². The van der Waals surface area contributed by atoms with Gasteiger partial charge in [0.2, 0.25) is 0 Å². The van der Waals surface area contributed by atoms with Gasteiger partial charge in [0.1, 0.15) is 0 Å². The zero-order chi connectivity index (χ0) is 0. The maximum atomic E-state index is 0. The fourth-order valence-electron chi connectivity index (χ4n) is 0. The van der Waals surface area contributed by atoms with Gasteiger partial charge in [-0.3, -0.25) is 0 Å². The van der Waals surface area contributed by atoms with Crippen molar-refractivity contribution < 1.29 is 145 Å². The van der Waals surface area contributed by atoms with Crippen LogP contribution in [0.15, 0.2) is 0 Å². The molecule has 0 aliphatic carbocycles. The van der Waals surface area contributed by atoms with Gasteiger partial charge in [-0.1, -0.05) is 0 Å². The molecular weight excluding hydrogens is 249 g/mol. The molecule has 0 aliphatic heterocycles. The van der Waals surface area contributed by atoms with E-state index in [0.29, 0.717) is 0 Å². The molecule has 0 spiro atoms. The van der Waals surface area contributed by atoms with Gasteiger partial charge < -0.3 is 21.9 Å². The molecule has 0 bridgehead atoms. The first-order valence-corrected chi connectivity index (χ1v) is 0. The minimum absolute atomic E-state index is 0. The third kappa shape index (κ3) is 41.5. The van der Waals surface area contributed by atoms with E-state index in [1.54, 1.807) is 0 Å². The van der Waals surface area contributed by atoms with Crippen molar-refractivity contribution >= 4 is 0 Å². The fourth-order valence-corrected chi connectivity index (χ4v) is 0. The van der Waals surface area contributed by atoms with Gasteiger partial charge in [-0.05, 0) is 0 Å². The Kier molecular flexibility index (Phi) is 545. The van der Waals surface area contributed by atoms with Crippen LogP contribution < -0.4 is 103 Å². The van der Waals surface area contributed by atoms with Crippen molar-refractivity contribution in [2.24, 2.45) is 0 Å². The molecule has 0 radical (unpaired) electrons. The first-order chi connectivity index (χ1) is 0. The molecule has 4 N–H and O–H groups in total.